The van der Waals surface area contributed by atoms with Crippen LogP contribution in [0.15, 0.2) is 46.0 Å². The van der Waals surface area contributed by atoms with Gasteiger partial charge < -0.3 is 5.73 Å². The van der Waals surface area contributed by atoms with Crippen LogP contribution in [0.2, 0.25) is 0 Å². The molecule has 1 unspecified atom stereocenters. The fourth-order valence-corrected chi connectivity index (χ4v) is 3.25. The van der Waals surface area contributed by atoms with Crippen LogP contribution in [0, 0.1) is 0 Å². The van der Waals surface area contributed by atoms with E-state index in [4.69, 9.17) is 5.73 Å². The third-order valence-electron chi connectivity index (χ3n) is 3.27. The van der Waals surface area contributed by atoms with Crippen molar-refractivity contribution in [1.29, 1.82) is 0 Å². The molecule has 0 spiro atoms. The number of nitrogens with two attached hydrogens (primary N) is 1. The molecule has 0 aliphatic rings. The normalized spacial score (nSPS) is 12.8. The highest BCUT2D eigenvalue weighted by Crippen LogP contribution is 2.23. The lowest BCUT2D eigenvalue weighted by Crippen LogP contribution is -2.30. The second-order valence-corrected chi connectivity index (χ2v) is 6.23. The van der Waals surface area contributed by atoms with E-state index in [1.54, 1.807) is 23.1 Å². The Morgan fingerprint density at radius 1 is 1.26 bits per heavy atom. The van der Waals surface area contributed by atoms with E-state index in [1.165, 1.54) is 16.0 Å². The van der Waals surface area contributed by atoms with Gasteiger partial charge in [0.15, 0.2) is 0 Å². The Bertz CT molecular complexity index is 479. The molecule has 0 fully saturated rings. The van der Waals surface area contributed by atoms with E-state index in [9.17, 15) is 0 Å². The van der Waals surface area contributed by atoms with Gasteiger partial charge in [-0.3, -0.25) is 4.90 Å². The van der Waals surface area contributed by atoms with Crippen LogP contribution >= 0.6 is 23.1 Å². The maximum atomic E-state index is 5.96. The fraction of sp³-hybridized carbons (Fsp3) is 0.333. The standard InChI is InChI=1S/C15H20N2S2/c1-17(10-12-7-8-19-11-12)15(9-16)13-3-5-14(18-2)6-4-13/h3-8,11,15H,9-10,16H2,1-2H3. The Hall–Kier alpha value is -0.810. The van der Waals surface area contributed by atoms with Crippen molar-refractivity contribution in [3.8, 4) is 0 Å². The highest BCUT2D eigenvalue weighted by molar-refractivity contribution is 7.98. The van der Waals surface area contributed by atoms with E-state index in [-0.39, 0.29) is 6.04 Å². The van der Waals surface area contributed by atoms with Gasteiger partial charge in [0.25, 0.3) is 0 Å². The van der Waals surface area contributed by atoms with Crippen LogP contribution < -0.4 is 5.73 Å². The average molecular weight is 292 g/mol. The topological polar surface area (TPSA) is 29.3 Å². The first kappa shape index (κ1) is 14.6. The molecule has 102 valence electrons. The van der Waals surface area contributed by atoms with E-state index < -0.39 is 0 Å². The van der Waals surface area contributed by atoms with Crippen molar-refractivity contribution in [2.75, 3.05) is 19.8 Å². The van der Waals surface area contributed by atoms with Crippen molar-refractivity contribution >= 4 is 23.1 Å². The molecule has 4 heteroatoms. The largest absolute Gasteiger partial charge is 0.329 e. The van der Waals surface area contributed by atoms with Crippen LogP contribution in [0.1, 0.15) is 17.2 Å². The molecule has 1 atom stereocenters. The smallest absolute Gasteiger partial charge is 0.0470 e. The zero-order valence-electron chi connectivity index (χ0n) is 11.4. The summed E-state index contributed by atoms with van der Waals surface area (Å²) in [5, 5.41) is 4.31. The molecule has 19 heavy (non-hydrogen) atoms. The first-order chi connectivity index (χ1) is 9.24. The molecule has 2 N–H and O–H groups in total. The first-order valence-corrected chi connectivity index (χ1v) is 8.46. The van der Waals surface area contributed by atoms with E-state index in [1.807, 2.05) is 0 Å². The summed E-state index contributed by atoms with van der Waals surface area (Å²) in [6.45, 7) is 1.58. The molecule has 2 aromatic rings. The summed E-state index contributed by atoms with van der Waals surface area (Å²) in [4.78, 5) is 3.61. The number of thiophene rings is 1. The SMILES string of the molecule is CSc1ccc(C(CN)N(C)Cc2ccsc2)cc1. The van der Waals surface area contributed by atoms with E-state index in [2.05, 4.69) is 59.3 Å². The molecule has 1 heterocycles. The van der Waals surface area contributed by atoms with Gasteiger partial charge in [0.05, 0.1) is 0 Å². The number of thioether (sulfide) groups is 1. The molecule has 2 nitrogen and oxygen atoms in total. The third-order valence-corrected chi connectivity index (χ3v) is 4.74. The van der Waals surface area contributed by atoms with E-state index in [0.29, 0.717) is 6.54 Å². The molecule has 0 amide bonds. The van der Waals surface area contributed by atoms with Crippen LogP contribution in [0.5, 0.6) is 0 Å². The molecule has 0 radical (unpaired) electrons. The lowest BCUT2D eigenvalue weighted by atomic mass is 10.1. The molecule has 0 saturated carbocycles. The minimum Gasteiger partial charge on any atom is -0.329 e. The van der Waals surface area contributed by atoms with Gasteiger partial charge in [0.2, 0.25) is 0 Å². The predicted molar refractivity (Wildman–Crippen MR) is 85.8 cm³/mol. The molecule has 0 aliphatic heterocycles. The molecular formula is C15H20N2S2. The minimum absolute atomic E-state index is 0.274. The van der Waals surface area contributed by atoms with Gasteiger partial charge in [-0.2, -0.15) is 11.3 Å². The first-order valence-electron chi connectivity index (χ1n) is 6.30. The van der Waals surface area contributed by atoms with Crippen molar-refractivity contribution < 1.29 is 0 Å². The van der Waals surface area contributed by atoms with Crippen molar-refractivity contribution in [3.63, 3.8) is 0 Å². The van der Waals surface area contributed by atoms with Crippen LogP contribution in [0.4, 0.5) is 0 Å². The number of nitrogens with zero attached hydrogens (tertiary/aromatic N) is 1. The van der Waals surface area contributed by atoms with Gasteiger partial charge in [-0.1, -0.05) is 12.1 Å². The van der Waals surface area contributed by atoms with Crippen LogP contribution in [-0.2, 0) is 6.54 Å². The van der Waals surface area contributed by atoms with Gasteiger partial charge in [0.1, 0.15) is 0 Å². The lowest BCUT2D eigenvalue weighted by Gasteiger charge is -2.27. The van der Waals surface area contributed by atoms with Crippen molar-refractivity contribution in [2.24, 2.45) is 5.73 Å². The predicted octanol–water partition coefficient (Wildman–Crippen LogP) is 3.60. The number of likely N-dealkylation sites (N-methyl/N-ethyl adjacent to an activating group) is 1. The minimum atomic E-state index is 0.274. The number of rotatable bonds is 6. The Labute approximate surface area is 123 Å². The Morgan fingerprint density at radius 3 is 2.53 bits per heavy atom. The Morgan fingerprint density at radius 2 is 2.00 bits per heavy atom. The van der Waals surface area contributed by atoms with Gasteiger partial charge >= 0.3 is 0 Å². The Balaban J connectivity index is 2.09. The molecule has 2 rings (SSSR count). The molecule has 1 aromatic carbocycles. The molecular weight excluding hydrogens is 272 g/mol. The maximum absolute atomic E-state index is 5.96. The Kier molecular flexibility index (Phi) is 5.45. The van der Waals surface area contributed by atoms with Gasteiger partial charge in [-0.05, 0) is 53.4 Å². The third kappa shape index (κ3) is 3.83. The summed E-state index contributed by atoms with van der Waals surface area (Å²) in [6, 6.07) is 11.2. The highest BCUT2D eigenvalue weighted by Gasteiger charge is 2.15. The molecule has 0 bridgehead atoms. The highest BCUT2D eigenvalue weighted by atomic mass is 32.2. The van der Waals surface area contributed by atoms with E-state index in [0.717, 1.165) is 6.54 Å². The number of benzene rings is 1. The summed E-state index contributed by atoms with van der Waals surface area (Å²) in [5.74, 6) is 0. The average Bonchev–Trinajstić information content (AvgIpc) is 2.93. The zero-order chi connectivity index (χ0) is 13.7. The maximum Gasteiger partial charge on any atom is 0.0470 e. The quantitative estimate of drug-likeness (QED) is 0.825. The van der Waals surface area contributed by atoms with E-state index >= 15 is 0 Å². The molecule has 0 saturated heterocycles. The zero-order valence-corrected chi connectivity index (χ0v) is 13.0. The summed E-state index contributed by atoms with van der Waals surface area (Å²) in [5.41, 5.74) is 8.60. The fourth-order valence-electron chi connectivity index (χ4n) is 2.18. The van der Waals surface area contributed by atoms with Gasteiger partial charge in [0, 0.05) is 24.0 Å². The van der Waals surface area contributed by atoms with Crippen LogP contribution in [0.3, 0.4) is 0 Å². The molecule has 1 aromatic heterocycles. The number of hydrogen-bond donors (Lipinski definition) is 1. The van der Waals surface area contributed by atoms with Crippen molar-refractivity contribution in [3.05, 3.63) is 52.2 Å². The molecule has 0 aliphatic carbocycles. The second-order valence-electron chi connectivity index (χ2n) is 4.57. The summed E-state index contributed by atoms with van der Waals surface area (Å²) >= 11 is 3.51. The summed E-state index contributed by atoms with van der Waals surface area (Å²) in [6.07, 6.45) is 2.10. The van der Waals surface area contributed by atoms with Gasteiger partial charge in [-0.15, -0.1) is 11.8 Å². The summed E-state index contributed by atoms with van der Waals surface area (Å²) < 4.78 is 0. The summed E-state index contributed by atoms with van der Waals surface area (Å²) in [7, 11) is 2.14. The van der Waals surface area contributed by atoms with Gasteiger partial charge in [-0.25, -0.2) is 0 Å². The van der Waals surface area contributed by atoms with Crippen molar-refractivity contribution in [2.45, 2.75) is 17.5 Å². The lowest BCUT2D eigenvalue weighted by molar-refractivity contribution is 0.242. The monoisotopic (exact) mass is 292 g/mol. The van der Waals surface area contributed by atoms with Crippen LogP contribution in [-0.4, -0.2) is 24.7 Å². The number of hydrogen-bond acceptors (Lipinski definition) is 4. The second kappa shape index (κ2) is 7.10. The van der Waals surface area contributed by atoms with Crippen molar-refractivity contribution in [1.82, 2.24) is 4.90 Å². The van der Waals surface area contributed by atoms with Crippen LogP contribution in [0.25, 0.3) is 0 Å².